The van der Waals surface area contributed by atoms with Gasteiger partial charge < -0.3 is 4.74 Å². The summed E-state index contributed by atoms with van der Waals surface area (Å²) in [5.74, 6) is -1.19. The number of carbonyl (C=O) groups is 1. The molecular formula is C22H25F3N2O3S. The lowest BCUT2D eigenvalue weighted by Crippen LogP contribution is -2.56. The summed E-state index contributed by atoms with van der Waals surface area (Å²) in [5, 5.41) is 0. The van der Waals surface area contributed by atoms with Crippen LogP contribution >= 0.6 is 0 Å². The molecule has 0 aliphatic rings. The molecule has 0 bridgehead atoms. The molecule has 2 rings (SSSR count). The summed E-state index contributed by atoms with van der Waals surface area (Å²) in [7, 11) is -1.11. The fourth-order valence-corrected chi connectivity index (χ4v) is 3.48. The van der Waals surface area contributed by atoms with Gasteiger partial charge in [0, 0.05) is 11.1 Å². The third-order valence-electron chi connectivity index (χ3n) is 4.26. The molecule has 0 amide bonds. The van der Waals surface area contributed by atoms with Crippen LogP contribution in [0.1, 0.15) is 31.9 Å². The van der Waals surface area contributed by atoms with Gasteiger partial charge in [-0.05, 0) is 20.8 Å². The molecule has 3 atom stereocenters. The van der Waals surface area contributed by atoms with E-state index in [0.29, 0.717) is 11.1 Å². The Morgan fingerprint density at radius 3 is 1.77 bits per heavy atom. The van der Waals surface area contributed by atoms with E-state index < -0.39 is 40.0 Å². The quantitative estimate of drug-likeness (QED) is 0.507. The molecule has 1 N–H and O–H groups in total. The van der Waals surface area contributed by atoms with Gasteiger partial charge in [-0.15, -0.1) is 0 Å². The predicted octanol–water partition coefficient (Wildman–Crippen LogP) is 4.05. The van der Waals surface area contributed by atoms with E-state index in [4.69, 9.17) is 0 Å². The Morgan fingerprint density at radius 2 is 1.42 bits per heavy atom. The number of esters is 1. The van der Waals surface area contributed by atoms with Crippen molar-refractivity contribution in [2.24, 2.45) is 4.99 Å². The summed E-state index contributed by atoms with van der Waals surface area (Å²) in [5.41, 5.74) is 1.25. The van der Waals surface area contributed by atoms with Gasteiger partial charge in [-0.3, -0.25) is 4.99 Å². The maximum absolute atomic E-state index is 14.0. The molecule has 31 heavy (non-hydrogen) atoms. The van der Waals surface area contributed by atoms with Crippen LogP contribution in [0.3, 0.4) is 0 Å². The minimum absolute atomic E-state index is 0.189. The second-order valence-electron chi connectivity index (χ2n) is 7.70. The standard InChI is InChI=1S/C22H25F3N2O3S/c1-21(2,3)31(29)27-19(22(23,24)25)18(20(28)30-4)26-17(15-11-7-5-8-12-15)16-13-9-6-10-14-16/h5-14,18-19,27H,1-4H3/t18-,19-,31?/m0/s1. The van der Waals surface area contributed by atoms with Crippen LogP contribution in [-0.4, -0.2) is 46.0 Å². The topological polar surface area (TPSA) is 67.8 Å². The zero-order valence-corrected chi connectivity index (χ0v) is 18.5. The first-order valence-corrected chi connectivity index (χ1v) is 10.6. The number of rotatable bonds is 7. The average molecular weight is 455 g/mol. The minimum Gasteiger partial charge on any atom is -0.467 e. The molecule has 0 aromatic heterocycles. The van der Waals surface area contributed by atoms with Crippen molar-refractivity contribution in [3.05, 3.63) is 71.8 Å². The highest BCUT2D eigenvalue weighted by molar-refractivity contribution is 7.84. The summed E-state index contributed by atoms with van der Waals surface area (Å²) >= 11 is 0. The number of hydrogen-bond donors (Lipinski definition) is 1. The fraction of sp³-hybridized carbons (Fsp3) is 0.364. The maximum Gasteiger partial charge on any atom is 0.407 e. The number of carbonyl (C=O) groups excluding carboxylic acids is 1. The van der Waals surface area contributed by atoms with Crippen molar-refractivity contribution in [3.8, 4) is 0 Å². The van der Waals surface area contributed by atoms with Gasteiger partial charge in [-0.1, -0.05) is 60.7 Å². The van der Waals surface area contributed by atoms with Crippen LogP contribution in [0.15, 0.2) is 65.7 Å². The Bertz CT molecular complexity index is 885. The average Bonchev–Trinajstić information content (AvgIpc) is 2.72. The van der Waals surface area contributed by atoms with Gasteiger partial charge in [0.25, 0.3) is 0 Å². The number of alkyl halides is 3. The van der Waals surface area contributed by atoms with Crippen molar-refractivity contribution in [2.75, 3.05) is 7.11 Å². The minimum atomic E-state index is -4.91. The molecule has 0 radical (unpaired) electrons. The molecule has 2 aromatic carbocycles. The summed E-state index contributed by atoms with van der Waals surface area (Å²) in [6.45, 7) is 4.58. The van der Waals surface area contributed by atoms with Gasteiger partial charge in [0.15, 0.2) is 6.04 Å². The summed E-state index contributed by atoms with van der Waals surface area (Å²) in [4.78, 5) is 16.7. The Balaban J connectivity index is 2.66. The van der Waals surface area contributed by atoms with E-state index >= 15 is 0 Å². The predicted molar refractivity (Wildman–Crippen MR) is 115 cm³/mol. The van der Waals surface area contributed by atoms with Crippen LogP contribution in [0.2, 0.25) is 0 Å². The number of hydrogen-bond acceptors (Lipinski definition) is 4. The number of aliphatic imine (C=N–C) groups is 1. The van der Waals surface area contributed by atoms with Crippen LogP contribution in [0.4, 0.5) is 13.2 Å². The summed E-state index contributed by atoms with van der Waals surface area (Å²) < 4.78 is 60.2. The van der Waals surface area contributed by atoms with E-state index in [1.165, 1.54) is 20.8 Å². The summed E-state index contributed by atoms with van der Waals surface area (Å²) in [6.07, 6.45) is -4.91. The lowest BCUT2D eigenvalue weighted by molar-refractivity contribution is -0.168. The maximum atomic E-state index is 14.0. The van der Waals surface area contributed by atoms with E-state index in [-0.39, 0.29) is 5.71 Å². The van der Waals surface area contributed by atoms with Crippen LogP contribution in [0.5, 0.6) is 0 Å². The number of nitrogens with one attached hydrogen (secondary N) is 1. The first kappa shape index (κ1) is 24.7. The van der Waals surface area contributed by atoms with Crippen molar-refractivity contribution >= 4 is 22.7 Å². The van der Waals surface area contributed by atoms with Gasteiger partial charge in [0.05, 0.1) is 28.6 Å². The smallest absolute Gasteiger partial charge is 0.407 e. The fourth-order valence-electron chi connectivity index (χ4n) is 2.63. The Morgan fingerprint density at radius 1 is 0.968 bits per heavy atom. The second-order valence-corrected chi connectivity index (χ2v) is 9.69. The number of ether oxygens (including phenoxy) is 1. The Labute approximate surface area is 182 Å². The van der Waals surface area contributed by atoms with Crippen molar-refractivity contribution in [1.82, 2.24) is 4.72 Å². The highest BCUT2D eigenvalue weighted by Crippen LogP contribution is 2.27. The van der Waals surface area contributed by atoms with Gasteiger partial charge >= 0.3 is 12.1 Å². The monoisotopic (exact) mass is 454 g/mol. The molecule has 0 heterocycles. The molecule has 0 saturated heterocycles. The first-order chi connectivity index (χ1) is 14.4. The van der Waals surface area contributed by atoms with Gasteiger partial charge in [-0.2, -0.15) is 13.2 Å². The number of halogens is 3. The first-order valence-electron chi connectivity index (χ1n) is 9.46. The normalized spacial score (nSPS) is 14.9. The number of methoxy groups -OCH3 is 1. The largest absolute Gasteiger partial charge is 0.467 e. The molecule has 0 fully saturated rings. The van der Waals surface area contributed by atoms with Crippen LogP contribution in [0, 0.1) is 0 Å². The van der Waals surface area contributed by atoms with Gasteiger partial charge in [0.1, 0.15) is 6.04 Å². The van der Waals surface area contributed by atoms with Crippen LogP contribution < -0.4 is 4.72 Å². The van der Waals surface area contributed by atoms with E-state index in [9.17, 15) is 22.2 Å². The molecule has 0 saturated carbocycles. The molecule has 0 aliphatic carbocycles. The molecule has 1 unspecified atom stereocenters. The van der Waals surface area contributed by atoms with Gasteiger partial charge in [-0.25, -0.2) is 13.7 Å². The zero-order chi connectivity index (χ0) is 23.2. The van der Waals surface area contributed by atoms with Crippen LogP contribution in [0.25, 0.3) is 0 Å². The lowest BCUT2D eigenvalue weighted by Gasteiger charge is -2.29. The molecular weight excluding hydrogens is 429 g/mol. The molecule has 0 aliphatic heterocycles. The Hall–Kier alpha value is -2.52. The van der Waals surface area contributed by atoms with Crippen molar-refractivity contribution in [2.45, 2.75) is 43.8 Å². The number of nitrogens with zero attached hydrogens (tertiary/aromatic N) is 1. The SMILES string of the molecule is COC(=O)[C@@H](N=C(c1ccccc1)c1ccccc1)[C@H](NS(=O)C(C)(C)C)C(F)(F)F. The highest BCUT2D eigenvalue weighted by atomic mass is 32.2. The van der Waals surface area contributed by atoms with E-state index in [2.05, 4.69) is 14.5 Å². The van der Waals surface area contributed by atoms with E-state index in [0.717, 1.165) is 7.11 Å². The van der Waals surface area contributed by atoms with Crippen molar-refractivity contribution < 1.29 is 26.9 Å². The highest BCUT2D eigenvalue weighted by Gasteiger charge is 2.50. The summed E-state index contributed by atoms with van der Waals surface area (Å²) in [6, 6.07) is 12.6. The van der Waals surface area contributed by atoms with Crippen molar-refractivity contribution in [3.63, 3.8) is 0 Å². The molecule has 9 heteroatoms. The third kappa shape index (κ3) is 6.73. The van der Waals surface area contributed by atoms with Crippen LogP contribution in [-0.2, 0) is 20.5 Å². The molecule has 5 nitrogen and oxygen atoms in total. The van der Waals surface area contributed by atoms with Gasteiger partial charge in [0.2, 0.25) is 0 Å². The number of benzene rings is 2. The second kappa shape index (κ2) is 10.2. The van der Waals surface area contributed by atoms with Crippen molar-refractivity contribution in [1.29, 1.82) is 0 Å². The molecule has 0 spiro atoms. The third-order valence-corrected chi connectivity index (χ3v) is 5.84. The zero-order valence-electron chi connectivity index (χ0n) is 17.6. The molecule has 2 aromatic rings. The Kier molecular flexibility index (Phi) is 8.14. The molecule has 168 valence electrons. The van der Waals surface area contributed by atoms with E-state index in [1.54, 1.807) is 60.7 Å². The van der Waals surface area contributed by atoms with E-state index in [1.807, 2.05) is 0 Å². The lowest BCUT2D eigenvalue weighted by atomic mass is 10.0.